The molecule has 3 rings (SSSR count). The Bertz CT molecular complexity index is 418. The van der Waals surface area contributed by atoms with E-state index in [1.165, 1.54) is 17.7 Å². The summed E-state index contributed by atoms with van der Waals surface area (Å²) in [5, 5.41) is 0. The first kappa shape index (κ1) is 12.1. The summed E-state index contributed by atoms with van der Waals surface area (Å²) in [7, 11) is 0. The summed E-state index contributed by atoms with van der Waals surface area (Å²) in [6.07, 6.45) is 4.92. The van der Waals surface area contributed by atoms with Gasteiger partial charge in [0.2, 0.25) is 0 Å². The lowest BCUT2D eigenvalue weighted by Gasteiger charge is -2.25. The van der Waals surface area contributed by atoms with Gasteiger partial charge in [-0.3, -0.25) is 4.79 Å². The van der Waals surface area contributed by atoms with Crippen LogP contribution >= 0.6 is 11.8 Å². The fourth-order valence-electron chi connectivity index (χ4n) is 3.04. The number of carbonyl (C=O) groups is 1. The van der Waals surface area contributed by atoms with Crippen LogP contribution in [0.3, 0.4) is 0 Å². The smallest absolute Gasteiger partial charge is 0.310 e. The first-order chi connectivity index (χ1) is 8.84. The molecule has 0 aromatic heterocycles. The summed E-state index contributed by atoms with van der Waals surface area (Å²) in [6.45, 7) is 0. The zero-order valence-electron chi connectivity index (χ0n) is 10.4. The molecule has 1 heterocycles. The van der Waals surface area contributed by atoms with Gasteiger partial charge in [0.1, 0.15) is 6.10 Å². The van der Waals surface area contributed by atoms with Gasteiger partial charge in [0, 0.05) is 16.6 Å². The molecule has 0 N–H and O–H groups in total. The highest BCUT2D eigenvalue weighted by atomic mass is 32.2. The van der Waals surface area contributed by atoms with Crippen LogP contribution in [0.2, 0.25) is 0 Å². The second kappa shape index (κ2) is 5.35. The molecule has 1 aromatic carbocycles. The van der Waals surface area contributed by atoms with Crippen molar-refractivity contribution in [2.45, 2.75) is 36.7 Å². The van der Waals surface area contributed by atoms with Crippen LogP contribution in [0, 0.1) is 11.8 Å². The van der Waals surface area contributed by atoms with Crippen LogP contribution in [-0.2, 0) is 9.53 Å². The number of carbonyl (C=O) groups excluding carboxylic acids is 1. The van der Waals surface area contributed by atoms with Crippen molar-refractivity contribution < 1.29 is 9.53 Å². The SMILES string of the molecule is O=C1OC2CCCCC2C1CSc1ccccc1. The van der Waals surface area contributed by atoms with E-state index < -0.39 is 0 Å². The Morgan fingerprint density at radius 2 is 1.94 bits per heavy atom. The summed E-state index contributed by atoms with van der Waals surface area (Å²) < 4.78 is 5.51. The Balaban J connectivity index is 1.63. The molecule has 3 heteroatoms. The van der Waals surface area contributed by atoms with Gasteiger partial charge in [-0.05, 0) is 31.4 Å². The molecule has 0 amide bonds. The van der Waals surface area contributed by atoms with Crippen molar-refractivity contribution in [1.82, 2.24) is 0 Å². The number of benzene rings is 1. The van der Waals surface area contributed by atoms with E-state index in [4.69, 9.17) is 4.74 Å². The maximum Gasteiger partial charge on any atom is 0.310 e. The van der Waals surface area contributed by atoms with Crippen molar-refractivity contribution in [3.63, 3.8) is 0 Å². The van der Waals surface area contributed by atoms with Crippen LogP contribution in [0.5, 0.6) is 0 Å². The third-order valence-corrected chi connectivity index (χ3v) is 5.14. The molecule has 3 atom stereocenters. The molecule has 2 aliphatic rings. The van der Waals surface area contributed by atoms with Crippen LogP contribution in [0.1, 0.15) is 25.7 Å². The third kappa shape index (κ3) is 2.41. The van der Waals surface area contributed by atoms with E-state index >= 15 is 0 Å². The molecule has 1 saturated heterocycles. The molecule has 0 spiro atoms. The zero-order valence-corrected chi connectivity index (χ0v) is 11.2. The quantitative estimate of drug-likeness (QED) is 0.616. The monoisotopic (exact) mass is 262 g/mol. The maximum atomic E-state index is 11.9. The van der Waals surface area contributed by atoms with Gasteiger partial charge in [-0.2, -0.15) is 0 Å². The number of hydrogen-bond acceptors (Lipinski definition) is 3. The molecule has 1 saturated carbocycles. The molecule has 0 bridgehead atoms. The van der Waals surface area contributed by atoms with E-state index in [0.717, 1.165) is 18.6 Å². The molecular formula is C15H18O2S. The third-order valence-electron chi connectivity index (χ3n) is 4.01. The lowest BCUT2D eigenvalue weighted by molar-refractivity contribution is -0.144. The minimum Gasteiger partial charge on any atom is -0.462 e. The van der Waals surface area contributed by atoms with Crippen molar-refractivity contribution in [2.75, 3.05) is 5.75 Å². The summed E-state index contributed by atoms with van der Waals surface area (Å²) >= 11 is 1.78. The predicted octanol–water partition coefficient (Wildman–Crippen LogP) is 3.51. The lowest BCUT2D eigenvalue weighted by Crippen LogP contribution is -2.25. The molecule has 2 fully saturated rings. The average molecular weight is 262 g/mol. The van der Waals surface area contributed by atoms with Crippen molar-refractivity contribution in [1.29, 1.82) is 0 Å². The molecule has 1 aromatic rings. The second-order valence-electron chi connectivity index (χ2n) is 5.15. The van der Waals surface area contributed by atoms with E-state index in [1.807, 2.05) is 18.2 Å². The van der Waals surface area contributed by atoms with Crippen LogP contribution in [-0.4, -0.2) is 17.8 Å². The minimum atomic E-state index is 0.0373. The van der Waals surface area contributed by atoms with E-state index in [-0.39, 0.29) is 18.0 Å². The second-order valence-corrected chi connectivity index (χ2v) is 6.25. The Morgan fingerprint density at radius 3 is 2.78 bits per heavy atom. The molecule has 2 nitrogen and oxygen atoms in total. The standard InChI is InChI=1S/C15H18O2S/c16-15-13(10-18-11-6-2-1-3-7-11)12-8-4-5-9-14(12)17-15/h1-3,6-7,12-14H,4-5,8-10H2. The number of hydrogen-bond donors (Lipinski definition) is 0. The molecule has 1 aliphatic heterocycles. The van der Waals surface area contributed by atoms with Crippen molar-refractivity contribution in [2.24, 2.45) is 11.8 Å². The molecule has 1 aliphatic carbocycles. The van der Waals surface area contributed by atoms with Crippen molar-refractivity contribution in [3.8, 4) is 0 Å². The van der Waals surface area contributed by atoms with E-state index in [2.05, 4.69) is 12.1 Å². The Kier molecular flexibility index (Phi) is 3.59. The Morgan fingerprint density at radius 1 is 1.17 bits per heavy atom. The highest BCUT2D eigenvalue weighted by Crippen LogP contribution is 2.40. The van der Waals surface area contributed by atoms with Gasteiger partial charge in [-0.25, -0.2) is 0 Å². The topological polar surface area (TPSA) is 26.3 Å². The zero-order chi connectivity index (χ0) is 12.4. The number of rotatable bonds is 3. The minimum absolute atomic E-state index is 0.0373. The Labute approximate surface area is 112 Å². The fraction of sp³-hybridized carbons (Fsp3) is 0.533. The number of fused-ring (bicyclic) bond motifs is 1. The van der Waals surface area contributed by atoms with E-state index in [1.54, 1.807) is 11.8 Å². The summed E-state index contributed by atoms with van der Waals surface area (Å²) in [5.41, 5.74) is 0. The number of ether oxygens (including phenoxy) is 1. The molecule has 96 valence electrons. The fourth-order valence-corrected chi connectivity index (χ4v) is 4.14. The van der Waals surface area contributed by atoms with Crippen LogP contribution < -0.4 is 0 Å². The van der Waals surface area contributed by atoms with E-state index in [0.29, 0.717) is 5.92 Å². The van der Waals surface area contributed by atoms with Gasteiger partial charge in [-0.1, -0.05) is 24.6 Å². The van der Waals surface area contributed by atoms with Gasteiger partial charge < -0.3 is 4.74 Å². The molecule has 18 heavy (non-hydrogen) atoms. The summed E-state index contributed by atoms with van der Waals surface area (Å²) in [6, 6.07) is 10.3. The molecule has 3 unspecified atom stereocenters. The van der Waals surface area contributed by atoms with Crippen molar-refractivity contribution in [3.05, 3.63) is 30.3 Å². The molecule has 0 radical (unpaired) electrons. The lowest BCUT2D eigenvalue weighted by atomic mass is 9.81. The van der Waals surface area contributed by atoms with Crippen LogP contribution in [0.25, 0.3) is 0 Å². The normalized spacial score (nSPS) is 30.9. The first-order valence-corrected chi connectivity index (χ1v) is 7.71. The average Bonchev–Trinajstić information content (AvgIpc) is 2.73. The predicted molar refractivity (Wildman–Crippen MR) is 72.5 cm³/mol. The number of thioether (sulfide) groups is 1. The van der Waals surface area contributed by atoms with Gasteiger partial charge in [-0.15, -0.1) is 11.8 Å². The maximum absolute atomic E-state index is 11.9. The van der Waals surface area contributed by atoms with Crippen LogP contribution in [0.15, 0.2) is 35.2 Å². The molecular weight excluding hydrogens is 244 g/mol. The first-order valence-electron chi connectivity index (χ1n) is 6.73. The van der Waals surface area contributed by atoms with Gasteiger partial charge in [0.15, 0.2) is 0 Å². The van der Waals surface area contributed by atoms with E-state index in [9.17, 15) is 4.79 Å². The largest absolute Gasteiger partial charge is 0.462 e. The highest BCUT2D eigenvalue weighted by Gasteiger charge is 2.44. The highest BCUT2D eigenvalue weighted by molar-refractivity contribution is 7.99. The van der Waals surface area contributed by atoms with Gasteiger partial charge >= 0.3 is 5.97 Å². The summed E-state index contributed by atoms with van der Waals surface area (Å²) in [5.74, 6) is 1.49. The number of esters is 1. The van der Waals surface area contributed by atoms with Gasteiger partial charge in [0.05, 0.1) is 5.92 Å². The summed E-state index contributed by atoms with van der Waals surface area (Å²) in [4.78, 5) is 13.2. The van der Waals surface area contributed by atoms with Gasteiger partial charge in [0.25, 0.3) is 0 Å². The van der Waals surface area contributed by atoms with Crippen LogP contribution in [0.4, 0.5) is 0 Å². The van der Waals surface area contributed by atoms with Crippen molar-refractivity contribution >= 4 is 17.7 Å². The Hall–Kier alpha value is -0.960.